The number of carboxylic acid groups (broad SMARTS) is 1. The Morgan fingerprint density at radius 3 is 2.06 bits per heavy atom. The molecule has 6 heterocycles. The Morgan fingerprint density at radius 2 is 1.39 bits per heavy atom. The van der Waals surface area contributed by atoms with Gasteiger partial charge in [-0.2, -0.15) is 0 Å². The topological polar surface area (TPSA) is 206 Å². The first-order valence-corrected chi connectivity index (χ1v) is 16.8. The molecule has 0 aliphatic carbocycles. The third-order valence-electron chi connectivity index (χ3n) is 10.2. The molecule has 0 radical (unpaired) electrons. The predicted molar refractivity (Wildman–Crippen MR) is 178 cm³/mol. The van der Waals surface area contributed by atoms with E-state index in [1.807, 2.05) is 0 Å². The highest BCUT2D eigenvalue weighted by molar-refractivity contribution is 5.79. The van der Waals surface area contributed by atoms with Gasteiger partial charge in [-0.15, -0.1) is 0 Å². The number of nitrogens with two attached hydrogens (primary N) is 2. The number of esters is 2. The molecule has 6 aliphatic heterocycles. The van der Waals surface area contributed by atoms with Crippen LogP contribution in [-0.4, -0.2) is 87.3 Å². The van der Waals surface area contributed by atoms with Gasteiger partial charge in [-0.05, 0) is 92.5 Å². The number of carboxylic acids is 1. The van der Waals surface area contributed by atoms with Crippen LogP contribution in [0.4, 0.5) is 0 Å². The Hall–Kier alpha value is -4.49. The number of hydrogen-bond acceptors (Lipinski definition) is 11. The maximum atomic E-state index is 13.6. The Bertz CT molecular complexity index is 1720. The van der Waals surface area contributed by atoms with Crippen LogP contribution in [0.25, 0.3) is 0 Å². The van der Waals surface area contributed by atoms with Gasteiger partial charge in [0, 0.05) is 17.0 Å². The highest BCUT2D eigenvalue weighted by Gasteiger charge is 2.50. The molecule has 0 amide bonds. The smallest absolute Gasteiger partial charge is 0.326 e. The third-order valence-corrected chi connectivity index (χ3v) is 10.2. The molecule has 260 valence electrons. The lowest BCUT2D eigenvalue weighted by Crippen LogP contribution is -2.49. The summed E-state index contributed by atoms with van der Waals surface area (Å²) in [5.74, 6) is -3.65. The minimum absolute atomic E-state index is 0.0708. The molecule has 8 N–H and O–H groups in total. The normalized spacial score (nSPS) is 29.3. The molecule has 12 heteroatoms. The van der Waals surface area contributed by atoms with Gasteiger partial charge in [-0.3, -0.25) is 14.4 Å². The molecule has 5 atom stereocenters. The summed E-state index contributed by atoms with van der Waals surface area (Å²) in [6, 6.07) is 13.6. The summed E-state index contributed by atoms with van der Waals surface area (Å²) in [5.41, 5.74) is 12.9. The number of carbonyl (C=O) groups excluding carboxylic acids is 2. The maximum absolute atomic E-state index is 13.6. The van der Waals surface area contributed by atoms with Crippen LogP contribution in [-0.2, 0) is 48.5 Å². The van der Waals surface area contributed by atoms with Crippen molar-refractivity contribution in [2.75, 3.05) is 19.6 Å². The van der Waals surface area contributed by atoms with E-state index in [0.717, 1.165) is 0 Å². The van der Waals surface area contributed by atoms with E-state index in [-0.39, 0.29) is 53.4 Å². The van der Waals surface area contributed by atoms with E-state index in [9.17, 15) is 34.8 Å². The summed E-state index contributed by atoms with van der Waals surface area (Å²) in [6.45, 7) is 1.87. The van der Waals surface area contributed by atoms with Crippen LogP contribution in [0.3, 0.4) is 0 Å². The Labute approximate surface area is 284 Å². The van der Waals surface area contributed by atoms with Crippen molar-refractivity contribution in [3.8, 4) is 11.5 Å². The highest BCUT2D eigenvalue weighted by atomic mass is 16.7. The lowest BCUT2D eigenvalue weighted by atomic mass is 9.60. The summed E-state index contributed by atoms with van der Waals surface area (Å²) in [4.78, 5) is 41.8. The number of benzene rings is 3. The zero-order chi connectivity index (χ0) is 34.9. The SMILES string of the molecule is NC1Cc2ccccc2C2(c3c(O)cccc3CC(=O)O)c3c(O)cccc3CC(N)C(=O)OC(OC1=O)C1CCN(CCCC2O)CC1. The molecule has 0 spiro atoms. The first-order chi connectivity index (χ1) is 23.5. The molecule has 9 rings (SSSR count). The van der Waals surface area contributed by atoms with Crippen molar-refractivity contribution in [3.05, 3.63) is 94.0 Å². The fourth-order valence-corrected chi connectivity index (χ4v) is 7.99. The second-order valence-electron chi connectivity index (χ2n) is 13.4. The first kappa shape index (κ1) is 34.4. The van der Waals surface area contributed by atoms with Gasteiger partial charge in [0.15, 0.2) is 0 Å². The second-order valence-corrected chi connectivity index (χ2v) is 13.4. The summed E-state index contributed by atoms with van der Waals surface area (Å²) in [7, 11) is 0. The van der Waals surface area contributed by atoms with E-state index in [4.69, 9.17) is 20.9 Å². The van der Waals surface area contributed by atoms with E-state index in [1.165, 1.54) is 18.2 Å². The molecule has 3 aromatic rings. The van der Waals surface area contributed by atoms with Gasteiger partial charge >= 0.3 is 17.9 Å². The van der Waals surface area contributed by atoms with Crippen molar-refractivity contribution in [1.29, 1.82) is 0 Å². The number of aliphatic hydroxyl groups excluding tert-OH is 1. The lowest BCUT2D eigenvalue weighted by molar-refractivity contribution is -0.202. The van der Waals surface area contributed by atoms with Gasteiger partial charge in [0.25, 0.3) is 0 Å². The Kier molecular flexibility index (Phi) is 9.94. The molecule has 49 heavy (non-hydrogen) atoms. The van der Waals surface area contributed by atoms with Crippen LogP contribution in [0.5, 0.6) is 11.5 Å². The van der Waals surface area contributed by atoms with Crippen LogP contribution >= 0.6 is 0 Å². The van der Waals surface area contributed by atoms with Gasteiger partial charge < -0.3 is 46.3 Å². The van der Waals surface area contributed by atoms with Crippen LogP contribution < -0.4 is 11.5 Å². The van der Waals surface area contributed by atoms with E-state index in [1.54, 1.807) is 42.5 Å². The van der Waals surface area contributed by atoms with Crippen LogP contribution in [0.2, 0.25) is 0 Å². The monoisotopic (exact) mass is 673 g/mol. The quantitative estimate of drug-likeness (QED) is 0.221. The number of phenols is 2. The zero-order valence-electron chi connectivity index (χ0n) is 27.2. The van der Waals surface area contributed by atoms with Crippen molar-refractivity contribution in [2.45, 2.75) is 74.8 Å². The van der Waals surface area contributed by atoms with E-state index in [2.05, 4.69) is 4.90 Å². The Morgan fingerprint density at radius 1 is 0.796 bits per heavy atom. The predicted octanol–water partition coefficient (Wildman–Crippen LogP) is 2.09. The van der Waals surface area contributed by atoms with E-state index < -0.39 is 54.2 Å². The number of aliphatic hydroxyl groups is 1. The van der Waals surface area contributed by atoms with Gasteiger partial charge in [0.2, 0.25) is 6.29 Å². The van der Waals surface area contributed by atoms with Crippen molar-refractivity contribution in [2.24, 2.45) is 17.4 Å². The van der Waals surface area contributed by atoms with Crippen molar-refractivity contribution < 1.29 is 44.3 Å². The average molecular weight is 674 g/mol. The van der Waals surface area contributed by atoms with Crippen LogP contribution in [0.15, 0.2) is 60.7 Å². The Balaban J connectivity index is 1.75. The number of aliphatic carboxylic acids is 1. The molecular formula is C37H43N3O9. The number of rotatable bonds is 3. The molecule has 0 saturated carbocycles. The number of phenolic OH excluding ortho intramolecular Hbond substituents is 2. The summed E-state index contributed by atoms with van der Waals surface area (Å²) in [6.07, 6.45) is -1.49. The van der Waals surface area contributed by atoms with Crippen LogP contribution in [0.1, 0.15) is 59.1 Å². The summed E-state index contributed by atoms with van der Waals surface area (Å²) in [5, 5.41) is 46.6. The minimum Gasteiger partial charge on any atom is -0.508 e. The third kappa shape index (κ3) is 6.61. The van der Waals surface area contributed by atoms with Gasteiger partial charge in [-0.1, -0.05) is 48.5 Å². The van der Waals surface area contributed by atoms with Crippen molar-refractivity contribution in [1.82, 2.24) is 4.90 Å². The van der Waals surface area contributed by atoms with Gasteiger partial charge in [-0.25, -0.2) is 0 Å². The van der Waals surface area contributed by atoms with Crippen molar-refractivity contribution >= 4 is 17.9 Å². The molecule has 3 aromatic carbocycles. The fraction of sp³-hybridized carbons (Fsp3) is 0.432. The number of nitrogens with zero attached hydrogens (tertiary/aromatic N) is 1. The molecule has 6 aliphatic rings. The standard InChI is InChI=1S/C37H43N3O9/c38-26-18-22-6-1-2-9-25(22)37(33-24(20-31(44)45)8-4-11-29(33)42)30(43)12-5-15-40-16-13-21(14-17-40)36(48-34(26)46)49-35(47)27(39)19-23-7-3-10-28(41)32(23)37/h1-4,6-11,21,26-27,30,36,41-43H,5,12-20,38-39H2,(H,44,45). The number of ether oxygens (including phenoxy) is 2. The summed E-state index contributed by atoms with van der Waals surface area (Å²) >= 11 is 0. The van der Waals surface area contributed by atoms with Gasteiger partial charge in [0.05, 0.1) is 17.9 Å². The molecule has 12 nitrogen and oxygen atoms in total. The molecule has 0 aromatic heterocycles. The maximum Gasteiger partial charge on any atom is 0.326 e. The minimum atomic E-state index is -1.85. The molecule has 1 saturated heterocycles. The highest BCUT2D eigenvalue weighted by Crippen LogP contribution is 2.53. The van der Waals surface area contributed by atoms with Crippen LogP contribution in [0, 0.1) is 5.92 Å². The van der Waals surface area contributed by atoms with Crippen molar-refractivity contribution in [3.63, 3.8) is 0 Å². The number of carbonyl (C=O) groups is 3. The molecule has 5 unspecified atom stereocenters. The number of aromatic hydroxyl groups is 2. The average Bonchev–Trinajstić information content (AvgIpc) is 3.06. The largest absolute Gasteiger partial charge is 0.508 e. The lowest BCUT2D eigenvalue weighted by Gasteiger charge is -2.44. The second kappa shape index (κ2) is 14.2. The number of piperidine rings is 1. The number of hydrogen-bond donors (Lipinski definition) is 6. The molecule has 4 bridgehead atoms. The zero-order valence-corrected chi connectivity index (χ0v) is 27.2. The first-order valence-electron chi connectivity index (χ1n) is 16.8. The fourth-order valence-electron chi connectivity index (χ4n) is 7.99. The summed E-state index contributed by atoms with van der Waals surface area (Å²) < 4.78 is 11.7. The van der Waals surface area contributed by atoms with E-state index in [0.29, 0.717) is 55.6 Å². The molecule has 1 fully saturated rings. The van der Waals surface area contributed by atoms with Gasteiger partial charge in [0.1, 0.15) is 23.6 Å². The molecular weight excluding hydrogens is 630 g/mol. The van der Waals surface area contributed by atoms with E-state index >= 15 is 0 Å².